The van der Waals surface area contributed by atoms with E-state index < -0.39 is 57.6 Å². The van der Waals surface area contributed by atoms with E-state index in [2.05, 4.69) is 0 Å². The molecule has 0 aliphatic heterocycles. The van der Waals surface area contributed by atoms with Gasteiger partial charge in [0.1, 0.15) is 17.2 Å². The van der Waals surface area contributed by atoms with Crippen LogP contribution >= 0.6 is 0 Å². The lowest BCUT2D eigenvalue weighted by Gasteiger charge is -2.08. The quantitative estimate of drug-likeness (QED) is 0.356. The first-order valence-corrected chi connectivity index (χ1v) is 5.27. The summed E-state index contributed by atoms with van der Waals surface area (Å²) in [6.45, 7) is 0. The maximum Gasteiger partial charge on any atom is 0.205 e. The van der Waals surface area contributed by atoms with Crippen molar-refractivity contribution < 1.29 is 35.5 Å². The molecule has 8 heteroatoms. The highest BCUT2D eigenvalue weighted by Gasteiger charge is 2.32. The Balaban J connectivity index is 2.77. The summed E-state index contributed by atoms with van der Waals surface area (Å²) in [6.07, 6.45) is 0. The van der Waals surface area contributed by atoms with Crippen molar-refractivity contribution in [3.8, 4) is 0 Å². The van der Waals surface area contributed by atoms with Gasteiger partial charge < -0.3 is 0 Å². The predicted octanol–water partition coefficient (Wildman–Crippen LogP) is 3.89. The number of ketones is 1. The first-order valence-electron chi connectivity index (χ1n) is 5.27. The van der Waals surface area contributed by atoms with Crippen molar-refractivity contribution in [3.05, 3.63) is 70.0 Å². The number of benzene rings is 2. The molecule has 21 heavy (non-hydrogen) atoms. The SMILES string of the molecule is O=C(c1c(F)cccc1F)c1c(F)c(F)c(F)c(F)c1F. The van der Waals surface area contributed by atoms with Gasteiger partial charge in [0.2, 0.25) is 11.6 Å². The number of rotatable bonds is 2. The summed E-state index contributed by atoms with van der Waals surface area (Å²) >= 11 is 0. The smallest absolute Gasteiger partial charge is 0.205 e. The molecule has 0 N–H and O–H groups in total. The molecular weight excluding hydrogens is 305 g/mol. The molecule has 0 spiro atoms. The Kier molecular flexibility index (Phi) is 3.71. The van der Waals surface area contributed by atoms with Crippen LogP contribution in [-0.4, -0.2) is 5.78 Å². The van der Waals surface area contributed by atoms with Crippen LogP contribution in [0.3, 0.4) is 0 Å². The zero-order valence-corrected chi connectivity index (χ0v) is 9.79. The minimum atomic E-state index is -2.48. The molecule has 0 aromatic heterocycles. The highest BCUT2D eigenvalue weighted by Crippen LogP contribution is 2.26. The van der Waals surface area contributed by atoms with E-state index in [1.54, 1.807) is 0 Å². The van der Waals surface area contributed by atoms with Crippen LogP contribution in [0.2, 0.25) is 0 Å². The Bertz CT molecular complexity index is 705. The van der Waals surface area contributed by atoms with Gasteiger partial charge in [0, 0.05) is 0 Å². The van der Waals surface area contributed by atoms with E-state index in [9.17, 15) is 35.5 Å². The highest BCUT2D eigenvalue weighted by atomic mass is 19.2. The van der Waals surface area contributed by atoms with Gasteiger partial charge >= 0.3 is 0 Å². The van der Waals surface area contributed by atoms with Crippen molar-refractivity contribution in [1.82, 2.24) is 0 Å². The normalized spacial score (nSPS) is 10.8. The fourth-order valence-electron chi connectivity index (χ4n) is 1.64. The molecule has 0 aliphatic carbocycles. The summed E-state index contributed by atoms with van der Waals surface area (Å²) in [5.41, 5.74) is -3.34. The van der Waals surface area contributed by atoms with Crippen LogP contribution in [-0.2, 0) is 0 Å². The van der Waals surface area contributed by atoms with Gasteiger partial charge in [0.25, 0.3) is 0 Å². The van der Waals surface area contributed by atoms with Crippen molar-refractivity contribution in [2.24, 2.45) is 0 Å². The van der Waals surface area contributed by atoms with Crippen LogP contribution in [0.4, 0.5) is 30.7 Å². The van der Waals surface area contributed by atoms with Gasteiger partial charge in [0.05, 0.1) is 5.56 Å². The van der Waals surface area contributed by atoms with Crippen molar-refractivity contribution in [1.29, 1.82) is 0 Å². The molecule has 0 bridgehead atoms. The van der Waals surface area contributed by atoms with Gasteiger partial charge in [0.15, 0.2) is 23.3 Å². The molecule has 110 valence electrons. The Labute approximate surface area is 112 Å². The van der Waals surface area contributed by atoms with E-state index in [0.717, 1.165) is 6.07 Å². The molecule has 0 saturated heterocycles. The van der Waals surface area contributed by atoms with Gasteiger partial charge in [-0.3, -0.25) is 4.79 Å². The second-order valence-electron chi connectivity index (χ2n) is 3.87. The second-order valence-corrected chi connectivity index (χ2v) is 3.87. The predicted molar refractivity (Wildman–Crippen MR) is 56.0 cm³/mol. The summed E-state index contributed by atoms with van der Waals surface area (Å²) in [4.78, 5) is 11.7. The topological polar surface area (TPSA) is 17.1 Å². The lowest BCUT2D eigenvalue weighted by atomic mass is 10.0. The fourth-order valence-corrected chi connectivity index (χ4v) is 1.64. The number of carbonyl (C=O) groups excluding carboxylic acids is 1. The van der Waals surface area contributed by atoms with Gasteiger partial charge in [-0.25, -0.2) is 30.7 Å². The Hall–Kier alpha value is -2.38. The fraction of sp³-hybridized carbons (Fsp3) is 0. The van der Waals surface area contributed by atoms with Crippen LogP contribution in [0.1, 0.15) is 15.9 Å². The number of hydrogen-bond acceptors (Lipinski definition) is 1. The Morgan fingerprint density at radius 2 is 1.00 bits per heavy atom. The standard InChI is InChI=1S/C13H3F7O/c14-4-2-1-3-5(15)6(4)13(21)7-8(16)10(18)12(20)11(19)9(7)17/h1-3H. The monoisotopic (exact) mass is 308 g/mol. The molecule has 0 amide bonds. The van der Waals surface area contributed by atoms with Crippen LogP contribution in [0.25, 0.3) is 0 Å². The van der Waals surface area contributed by atoms with Gasteiger partial charge in [-0.15, -0.1) is 0 Å². The Morgan fingerprint density at radius 3 is 1.43 bits per heavy atom. The molecule has 0 fully saturated rings. The third kappa shape index (κ3) is 2.26. The maximum atomic E-state index is 13.4. The molecule has 0 radical (unpaired) electrons. The minimum Gasteiger partial charge on any atom is -0.288 e. The average molecular weight is 308 g/mol. The van der Waals surface area contributed by atoms with Crippen molar-refractivity contribution >= 4 is 5.78 Å². The maximum absolute atomic E-state index is 13.4. The third-order valence-corrected chi connectivity index (χ3v) is 2.63. The van der Waals surface area contributed by atoms with Gasteiger partial charge in [-0.1, -0.05) is 6.07 Å². The van der Waals surface area contributed by atoms with E-state index in [0.29, 0.717) is 12.1 Å². The molecule has 0 heterocycles. The van der Waals surface area contributed by atoms with Gasteiger partial charge in [-0.05, 0) is 12.1 Å². The summed E-state index contributed by atoms with van der Waals surface area (Å²) in [7, 11) is 0. The van der Waals surface area contributed by atoms with E-state index in [-0.39, 0.29) is 0 Å². The molecule has 2 aromatic carbocycles. The largest absolute Gasteiger partial charge is 0.288 e. The van der Waals surface area contributed by atoms with E-state index in [4.69, 9.17) is 0 Å². The average Bonchev–Trinajstić information content (AvgIpc) is 2.43. The van der Waals surface area contributed by atoms with Crippen LogP contribution in [0.5, 0.6) is 0 Å². The first-order chi connectivity index (χ1) is 9.77. The van der Waals surface area contributed by atoms with Crippen molar-refractivity contribution in [3.63, 3.8) is 0 Å². The molecule has 0 saturated carbocycles. The molecule has 1 nitrogen and oxygen atoms in total. The molecule has 0 aliphatic rings. The lowest BCUT2D eigenvalue weighted by molar-refractivity contribution is 0.102. The number of carbonyl (C=O) groups is 1. The second kappa shape index (κ2) is 5.19. The first kappa shape index (κ1) is 15.0. The summed E-state index contributed by atoms with van der Waals surface area (Å²) in [5, 5.41) is 0. The minimum absolute atomic E-state index is 0.600. The zero-order chi connectivity index (χ0) is 15.9. The Morgan fingerprint density at radius 1 is 0.619 bits per heavy atom. The number of halogens is 7. The molecule has 2 aromatic rings. The van der Waals surface area contributed by atoms with Crippen LogP contribution < -0.4 is 0 Å². The molecule has 0 unspecified atom stereocenters. The summed E-state index contributed by atoms with van der Waals surface area (Å²) in [6, 6.07) is 2.06. The molecule has 2 rings (SSSR count). The van der Waals surface area contributed by atoms with Crippen molar-refractivity contribution in [2.45, 2.75) is 0 Å². The molecular formula is C13H3F7O. The summed E-state index contributed by atoms with van der Waals surface area (Å²) in [5.74, 6) is -17.1. The van der Waals surface area contributed by atoms with Crippen LogP contribution in [0, 0.1) is 40.7 Å². The van der Waals surface area contributed by atoms with E-state index in [1.165, 1.54) is 0 Å². The van der Waals surface area contributed by atoms with Crippen molar-refractivity contribution in [2.75, 3.05) is 0 Å². The third-order valence-electron chi connectivity index (χ3n) is 2.63. The lowest BCUT2D eigenvalue weighted by Crippen LogP contribution is -2.16. The number of hydrogen-bond donors (Lipinski definition) is 0. The zero-order valence-electron chi connectivity index (χ0n) is 9.79. The van der Waals surface area contributed by atoms with E-state index >= 15 is 0 Å². The highest BCUT2D eigenvalue weighted by molar-refractivity contribution is 6.09. The molecule has 0 atom stereocenters. The van der Waals surface area contributed by atoms with E-state index in [1.807, 2.05) is 0 Å². The van der Waals surface area contributed by atoms with Crippen LogP contribution in [0.15, 0.2) is 18.2 Å². The van der Waals surface area contributed by atoms with Gasteiger partial charge in [-0.2, -0.15) is 0 Å². The summed E-state index contributed by atoms with van der Waals surface area (Å²) < 4.78 is 92.3.